The average Bonchev–Trinajstić information content (AvgIpc) is 2.19. The Hall–Kier alpha value is -0.830. The van der Waals surface area contributed by atoms with E-state index < -0.39 is 0 Å². The third-order valence-corrected chi connectivity index (χ3v) is 3.99. The van der Waals surface area contributed by atoms with Gasteiger partial charge in [-0.2, -0.15) is 0 Å². The molecule has 0 aliphatic carbocycles. The molecule has 98 valence electrons. The molecule has 0 saturated carbocycles. The van der Waals surface area contributed by atoms with Crippen LogP contribution in [0.15, 0.2) is 12.2 Å². The first-order chi connectivity index (χ1) is 7.59. The molecule has 3 heteroatoms. The van der Waals surface area contributed by atoms with Crippen LogP contribution in [0, 0.1) is 5.92 Å². The normalized spacial score (nSPS) is 27.5. The first-order valence-electron chi connectivity index (χ1n) is 6.27. The van der Waals surface area contributed by atoms with Gasteiger partial charge in [-0.25, -0.2) is 4.79 Å². The van der Waals surface area contributed by atoms with Crippen molar-refractivity contribution in [3.8, 4) is 0 Å². The summed E-state index contributed by atoms with van der Waals surface area (Å²) in [6, 6.07) is 0. The summed E-state index contributed by atoms with van der Waals surface area (Å²) in [5, 5.41) is 1.87. The Morgan fingerprint density at radius 3 is 2.35 bits per heavy atom. The van der Waals surface area contributed by atoms with E-state index in [4.69, 9.17) is 4.84 Å². The largest absolute Gasteiger partial charge is 0.363 e. The highest BCUT2D eigenvalue weighted by Crippen LogP contribution is 2.42. The number of hydrogen-bond donors (Lipinski definition) is 0. The van der Waals surface area contributed by atoms with E-state index in [1.807, 2.05) is 5.06 Å². The number of hydrogen-bond acceptors (Lipinski definition) is 3. The van der Waals surface area contributed by atoms with Crippen LogP contribution >= 0.6 is 0 Å². The fourth-order valence-corrected chi connectivity index (χ4v) is 2.41. The van der Waals surface area contributed by atoms with E-state index in [1.54, 1.807) is 6.92 Å². The van der Waals surface area contributed by atoms with Gasteiger partial charge >= 0.3 is 5.97 Å². The van der Waals surface area contributed by atoms with E-state index in [1.165, 1.54) is 0 Å². The SMILES string of the molecule is C=C(C)C(=O)ON1C(C)(C)CCC(C)C1(C)C. The number of carbonyl (C=O) groups is 1. The molecule has 1 fully saturated rings. The first kappa shape index (κ1) is 14.2. The summed E-state index contributed by atoms with van der Waals surface area (Å²) in [5.41, 5.74) is 0.170. The second-order valence-electron chi connectivity index (χ2n) is 6.36. The van der Waals surface area contributed by atoms with Crippen molar-refractivity contribution >= 4 is 5.97 Å². The second-order valence-corrected chi connectivity index (χ2v) is 6.36. The van der Waals surface area contributed by atoms with Crippen LogP contribution in [0.3, 0.4) is 0 Å². The van der Waals surface area contributed by atoms with Gasteiger partial charge < -0.3 is 4.84 Å². The van der Waals surface area contributed by atoms with Crippen LogP contribution in [0.2, 0.25) is 0 Å². The van der Waals surface area contributed by atoms with Gasteiger partial charge in [0.2, 0.25) is 0 Å². The van der Waals surface area contributed by atoms with Crippen LogP contribution in [0.5, 0.6) is 0 Å². The zero-order chi connectivity index (χ0) is 13.4. The standard InChI is InChI=1S/C14H25NO2/c1-10(2)12(16)17-15-13(4,5)9-8-11(3)14(15,6)7/h11H,1,8-9H2,2-7H3. The summed E-state index contributed by atoms with van der Waals surface area (Å²) in [6.07, 6.45) is 2.18. The van der Waals surface area contributed by atoms with Crippen molar-refractivity contribution < 1.29 is 9.63 Å². The topological polar surface area (TPSA) is 29.5 Å². The lowest BCUT2D eigenvalue weighted by molar-refractivity contribution is -0.273. The second kappa shape index (κ2) is 4.45. The molecule has 0 aromatic carbocycles. The van der Waals surface area contributed by atoms with Gasteiger partial charge in [-0.1, -0.05) is 13.5 Å². The molecule has 1 aliphatic heterocycles. The van der Waals surface area contributed by atoms with E-state index in [0.717, 1.165) is 12.8 Å². The number of piperidine rings is 1. The maximum atomic E-state index is 11.7. The molecular formula is C14H25NO2. The molecule has 1 atom stereocenters. The molecule has 0 radical (unpaired) electrons. The maximum absolute atomic E-state index is 11.7. The Kier molecular flexibility index (Phi) is 3.72. The highest BCUT2D eigenvalue weighted by Gasteiger charge is 2.48. The van der Waals surface area contributed by atoms with Crippen LogP contribution in [-0.4, -0.2) is 22.1 Å². The summed E-state index contributed by atoms with van der Waals surface area (Å²) >= 11 is 0. The van der Waals surface area contributed by atoms with Crippen molar-refractivity contribution in [3.05, 3.63) is 12.2 Å². The smallest absolute Gasteiger partial charge is 0.352 e. The van der Waals surface area contributed by atoms with E-state index in [2.05, 4.69) is 41.2 Å². The van der Waals surface area contributed by atoms with Crippen molar-refractivity contribution in [2.75, 3.05) is 0 Å². The summed E-state index contributed by atoms with van der Waals surface area (Å²) in [7, 11) is 0. The van der Waals surface area contributed by atoms with Crippen LogP contribution in [0.25, 0.3) is 0 Å². The minimum Gasteiger partial charge on any atom is -0.363 e. The van der Waals surface area contributed by atoms with E-state index >= 15 is 0 Å². The minimum absolute atomic E-state index is 0.124. The van der Waals surface area contributed by atoms with Gasteiger partial charge in [0.15, 0.2) is 0 Å². The van der Waals surface area contributed by atoms with Gasteiger partial charge in [-0.3, -0.25) is 0 Å². The highest BCUT2D eigenvalue weighted by atomic mass is 16.7. The summed E-state index contributed by atoms with van der Waals surface area (Å²) in [5.74, 6) is 0.161. The Labute approximate surface area is 105 Å². The van der Waals surface area contributed by atoms with Crippen LogP contribution in [0.4, 0.5) is 0 Å². The van der Waals surface area contributed by atoms with Gasteiger partial charge in [0, 0.05) is 5.57 Å². The Morgan fingerprint density at radius 1 is 1.35 bits per heavy atom. The Bertz CT molecular complexity index is 331. The molecule has 0 aromatic rings. The number of rotatable bonds is 2. The molecule has 0 spiro atoms. The molecule has 1 unspecified atom stereocenters. The monoisotopic (exact) mass is 239 g/mol. The zero-order valence-electron chi connectivity index (χ0n) is 12.0. The molecule has 1 saturated heterocycles. The van der Waals surface area contributed by atoms with Gasteiger partial charge in [0.05, 0.1) is 11.1 Å². The summed E-state index contributed by atoms with van der Waals surface area (Å²) in [6.45, 7) is 16.0. The lowest BCUT2D eigenvalue weighted by atomic mass is 9.75. The molecule has 0 bridgehead atoms. The molecule has 0 aromatic heterocycles. The van der Waals surface area contributed by atoms with Gasteiger partial charge in [0.1, 0.15) is 0 Å². The van der Waals surface area contributed by atoms with Crippen LogP contribution < -0.4 is 0 Å². The minimum atomic E-state index is -0.333. The van der Waals surface area contributed by atoms with E-state index in [-0.39, 0.29) is 17.0 Å². The summed E-state index contributed by atoms with van der Waals surface area (Å²) in [4.78, 5) is 17.3. The molecule has 1 rings (SSSR count). The lowest BCUT2D eigenvalue weighted by Gasteiger charge is -2.53. The molecule has 0 N–H and O–H groups in total. The molecular weight excluding hydrogens is 214 g/mol. The third kappa shape index (κ3) is 2.71. The van der Waals surface area contributed by atoms with Crippen molar-refractivity contribution in [1.82, 2.24) is 5.06 Å². The highest BCUT2D eigenvalue weighted by molar-refractivity contribution is 5.86. The van der Waals surface area contributed by atoms with E-state index in [0.29, 0.717) is 11.5 Å². The summed E-state index contributed by atoms with van der Waals surface area (Å²) < 4.78 is 0. The number of nitrogens with zero attached hydrogens (tertiary/aromatic N) is 1. The van der Waals surface area contributed by atoms with Crippen LogP contribution in [0.1, 0.15) is 54.4 Å². The van der Waals surface area contributed by atoms with Crippen molar-refractivity contribution in [3.63, 3.8) is 0 Å². The van der Waals surface area contributed by atoms with Gasteiger partial charge in [0.25, 0.3) is 0 Å². The fourth-order valence-electron chi connectivity index (χ4n) is 2.41. The van der Waals surface area contributed by atoms with Crippen molar-refractivity contribution in [2.24, 2.45) is 5.92 Å². The van der Waals surface area contributed by atoms with Crippen LogP contribution in [-0.2, 0) is 9.63 Å². The van der Waals surface area contributed by atoms with E-state index in [9.17, 15) is 4.79 Å². The van der Waals surface area contributed by atoms with Gasteiger partial charge in [-0.15, -0.1) is 5.06 Å². The van der Waals surface area contributed by atoms with Gasteiger partial charge in [-0.05, 0) is 53.4 Å². The Balaban J connectivity index is 2.97. The predicted octanol–water partition coefficient (Wildman–Crippen LogP) is 3.31. The number of hydroxylamine groups is 2. The maximum Gasteiger partial charge on any atom is 0.352 e. The molecule has 3 nitrogen and oxygen atoms in total. The molecule has 0 amide bonds. The van der Waals surface area contributed by atoms with Crippen molar-refractivity contribution in [1.29, 1.82) is 0 Å². The quantitative estimate of drug-likeness (QED) is 0.692. The fraction of sp³-hybridized carbons (Fsp3) is 0.786. The third-order valence-electron chi connectivity index (χ3n) is 3.99. The number of carbonyl (C=O) groups excluding carboxylic acids is 1. The average molecular weight is 239 g/mol. The Morgan fingerprint density at radius 2 is 1.88 bits per heavy atom. The zero-order valence-corrected chi connectivity index (χ0v) is 12.0. The molecule has 1 aliphatic rings. The lowest BCUT2D eigenvalue weighted by Crippen LogP contribution is -2.62. The molecule has 17 heavy (non-hydrogen) atoms. The predicted molar refractivity (Wildman–Crippen MR) is 69.3 cm³/mol. The van der Waals surface area contributed by atoms with Crippen molar-refractivity contribution in [2.45, 2.75) is 65.5 Å². The first-order valence-corrected chi connectivity index (χ1v) is 6.27. The molecule has 1 heterocycles.